The number of methoxy groups -OCH3 is 1. The second kappa shape index (κ2) is 5.26. The molecule has 6 heteroatoms. The summed E-state index contributed by atoms with van der Waals surface area (Å²) in [4.78, 5) is 11.6. The average molecular weight is 403 g/mol. The summed E-state index contributed by atoms with van der Waals surface area (Å²) in [5, 5.41) is 12.9. The molecule has 0 saturated heterocycles. The molecule has 1 fully saturated rings. The van der Waals surface area contributed by atoms with Crippen LogP contribution in [0.1, 0.15) is 40.5 Å². The van der Waals surface area contributed by atoms with Gasteiger partial charge in [-0.05, 0) is 0 Å². The first-order valence-electron chi connectivity index (χ1n) is 6.48. The average Bonchev–Trinajstić information content (AvgIpc) is 3.03. The van der Waals surface area contributed by atoms with Gasteiger partial charge in [-0.3, -0.25) is 0 Å². The summed E-state index contributed by atoms with van der Waals surface area (Å²) >= 11 is 3.56. The van der Waals surface area contributed by atoms with Gasteiger partial charge in [0.1, 0.15) is 0 Å². The van der Waals surface area contributed by atoms with Gasteiger partial charge in [0.25, 0.3) is 0 Å². The molecule has 1 aliphatic rings. The summed E-state index contributed by atoms with van der Waals surface area (Å²) in [5.74, 6) is -0.354. The van der Waals surface area contributed by atoms with Crippen LogP contribution in [0.15, 0.2) is 22.8 Å². The van der Waals surface area contributed by atoms with Crippen LogP contribution in [0, 0.1) is 0 Å². The van der Waals surface area contributed by atoms with Crippen molar-refractivity contribution in [2.75, 3.05) is 7.11 Å². The number of carbonyl (C=O) groups excluding carboxylic acids is 1. The minimum absolute atomic E-state index is 0.0189. The molecule has 3 rings (SSSR count). The van der Waals surface area contributed by atoms with E-state index in [9.17, 15) is 9.90 Å². The van der Waals surface area contributed by atoms with Crippen LogP contribution < -0.4 is 8.50 Å². The second-order valence-corrected chi connectivity index (χ2v) is 7.91. The van der Waals surface area contributed by atoms with Gasteiger partial charge in [-0.2, -0.15) is 0 Å². The van der Waals surface area contributed by atoms with E-state index in [-0.39, 0.29) is 20.7 Å². The number of nitrogens with zero attached hydrogens (tertiary/aromatic N) is 1. The number of esters is 1. The van der Waals surface area contributed by atoms with Crippen LogP contribution in [-0.4, -0.2) is 27.8 Å². The van der Waals surface area contributed by atoms with Crippen LogP contribution in [-0.2, 0) is 10.3 Å². The van der Waals surface area contributed by atoms with Gasteiger partial charge in [-0.15, -0.1) is 0 Å². The van der Waals surface area contributed by atoms with E-state index in [4.69, 9.17) is 4.74 Å². The van der Waals surface area contributed by atoms with Crippen LogP contribution in [0.25, 0.3) is 5.52 Å². The topological polar surface area (TPSA) is 53.5 Å². The Morgan fingerprint density at radius 1 is 1.50 bits per heavy atom. The summed E-state index contributed by atoms with van der Waals surface area (Å²) in [6.07, 6.45) is 5.33. The number of hydrogen-bond acceptors (Lipinski definition) is 3. The van der Waals surface area contributed by atoms with Crippen molar-refractivity contribution in [1.82, 2.24) is 0 Å². The molecular weight excluding hydrogens is 389 g/mol. The van der Waals surface area contributed by atoms with Crippen LogP contribution in [0.5, 0.6) is 0 Å². The van der Waals surface area contributed by atoms with Crippen LogP contribution in [0.4, 0.5) is 0 Å². The van der Waals surface area contributed by atoms with E-state index in [1.54, 1.807) is 12.1 Å². The molecule has 0 aromatic carbocycles. The zero-order chi connectivity index (χ0) is 14.3. The van der Waals surface area contributed by atoms with Gasteiger partial charge >= 0.3 is 131 Å². The SMILES string of the molecule is COC(=O)c1cc[n+]2[se]c(C3([O-])CCCC3)c(Br)c2c1. The Balaban J connectivity index is 2.13. The zero-order valence-corrected chi connectivity index (χ0v) is 14.3. The molecular formula is C14H14BrNO3Se. The first kappa shape index (κ1) is 14.3. The van der Waals surface area contributed by atoms with Gasteiger partial charge in [0, 0.05) is 0 Å². The van der Waals surface area contributed by atoms with Gasteiger partial charge in [0.15, 0.2) is 0 Å². The predicted octanol–water partition coefficient (Wildman–Crippen LogP) is 1.16. The second-order valence-electron chi connectivity index (χ2n) is 5.05. The van der Waals surface area contributed by atoms with Gasteiger partial charge in [-0.25, -0.2) is 0 Å². The Hall–Kier alpha value is -0.681. The maximum atomic E-state index is 12.9. The molecule has 0 aliphatic heterocycles. The number of ether oxygens (including phenoxy) is 1. The molecule has 2 heterocycles. The third kappa shape index (κ3) is 2.25. The van der Waals surface area contributed by atoms with Crippen LogP contribution >= 0.6 is 15.9 Å². The molecule has 0 bridgehead atoms. The fourth-order valence-electron chi connectivity index (χ4n) is 2.68. The fraction of sp³-hybridized carbons (Fsp3) is 0.429. The molecule has 0 N–H and O–H groups in total. The number of aromatic nitrogens is 1. The molecule has 20 heavy (non-hydrogen) atoms. The van der Waals surface area contributed by atoms with Gasteiger partial charge in [0.05, 0.1) is 0 Å². The first-order chi connectivity index (χ1) is 9.55. The minimum atomic E-state index is -0.920. The molecule has 0 radical (unpaired) electrons. The first-order valence-corrected chi connectivity index (χ1v) is 8.90. The standard InChI is InChI=1S/C14H14BrNO3Se/c1-19-13(17)9-4-7-16-10(8-9)11(15)12(20-16)14(18)5-2-3-6-14/h4,7-8H,2-3,5-6H2,1H3. The zero-order valence-electron chi connectivity index (χ0n) is 11.0. The number of rotatable bonds is 2. The van der Waals surface area contributed by atoms with Crippen molar-refractivity contribution < 1.29 is 18.0 Å². The van der Waals surface area contributed by atoms with E-state index >= 15 is 0 Å². The van der Waals surface area contributed by atoms with E-state index in [0.29, 0.717) is 5.56 Å². The van der Waals surface area contributed by atoms with Crippen molar-refractivity contribution in [3.63, 3.8) is 0 Å². The van der Waals surface area contributed by atoms with Crippen molar-refractivity contribution in [2.45, 2.75) is 31.3 Å². The van der Waals surface area contributed by atoms with Gasteiger partial charge in [0.2, 0.25) is 0 Å². The Morgan fingerprint density at radius 2 is 2.20 bits per heavy atom. The summed E-state index contributed by atoms with van der Waals surface area (Å²) < 4.78 is 8.66. The van der Waals surface area contributed by atoms with Crippen molar-refractivity contribution in [1.29, 1.82) is 0 Å². The maximum absolute atomic E-state index is 12.9. The van der Waals surface area contributed by atoms with Crippen molar-refractivity contribution in [2.24, 2.45) is 0 Å². The Morgan fingerprint density at radius 3 is 2.85 bits per heavy atom. The molecule has 106 valence electrons. The molecule has 0 atom stereocenters. The summed E-state index contributed by atoms with van der Waals surface area (Å²) in [7, 11) is 1.37. The molecule has 2 aromatic heterocycles. The fourth-order valence-corrected chi connectivity index (χ4v) is 6.33. The third-order valence-electron chi connectivity index (χ3n) is 3.78. The van der Waals surface area contributed by atoms with Crippen LogP contribution in [0.2, 0.25) is 0 Å². The number of carbonyl (C=O) groups is 1. The molecule has 1 saturated carbocycles. The van der Waals surface area contributed by atoms with Crippen molar-refractivity contribution >= 4 is 42.1 Å². The number of halogens is 1. The van der Waals surface area contributed by atoms with E-state index in [2.05, 4.69) is 19.3 Å². The number of fused-ring (bicyclic) bond motifs is 1. The van der Waals surface area contributed by atoms with E-state index in [1.807, 2.05) is 6.20 Å². The quantitative estimate of drug-likeness (QED) is 0.559. The monoisotopic (exact) mass is 403 g/mol. The Labute approximate surface area is 131 Å². The summed E-state index contributed by atoms with van der Waals surface area (Å²) in [6.45, 7) is 0. The molecule has 2 aromatic rings. The van der Waals surface area contributed by atoms with E-state index in [1.165, 1.54) is 7.11 Å². The Kier molecular flexibility index (Phi) is 3.75. The normalized spacial score (nSPS) is 17.6. The predicted molar refractivity (Wildman–Crippen MR) is 75.7 cm³/mol. The van der Waals surface area contributed by atoms with Crippen LogP contribution in [0.3, 0.4) is 0 Å². The molecule has 1 aliphatic carbocycles. The van der Waals surface area contributed by atoms with E-state index < -0.39 is 5.60 Å². The van der Waals surface area contributed by atoms with Crippen molar-refractivity contribution in [3.05, 3.63) is 32.8 Å². The molecule has 0 unspecified atom stereocenters. The number of pyridine rings is 1. The molecule has 0 spiro atoms. The molecule has 4 nitrogen and oxygen atoms in total. The summed E-state index contributed by atoms with van der Waals surface area (Å²) in [6, 6.07) is 3.54. The van der Waals surface area contributed by atoms with Gasteiger partial charge in [-0.1, -0.05) is 0 Å². The summed E-state index contributed by atoms with van der Waals surface area (Å²) in [5.41, 5.74) is 0.500. The van der Waals surface area contributed by atoms with E-state index in [0.717, 1.165) is 40.1 Å². The Bertz CT molecular complexity index is 676. The third-order valence-corrected chi connectivity index (χ3v) is 7.85. The van der Waals surface area contributed by atoms with Crippen molar-refractivity contribution in [3.8, 4) is 0 Å². The van der Waals surface area contributed by atoms with Gasteiger partial charge < -0.3 is 0 Å². The number of hydrogen-bond donors (Lipinski definition) is 0. The molecule has 0 amide bonds.